The van der Waals surface area contributed by atoms with Gasteiger partial charge in [0, 0.05) is 31.7 Å². The van der Waals surface area contributed by atoms with Gasteiger partial charge in [0.15, 0.2) is 0 Å². The Morgan fingerprint density at radius 2 is 2.28 bits per heavy atom. The van der Waals surface area contributed by atoms with Crippen LogP contribution in [-0.4, -0.2) is 50.1 Å². The maximum absolute atomic E-state index is 12.1. The number of nitrogens with one attached hydrogen (secondary N) is 2. The van der Waals surface area contributed by atoms with Gasteiger partial charge in [0.1, 0.15) is 18.2 Å². The van der Waals surface area contributed by atoms with E-state index >= 15 is 0 Å². The fraction of sp³-hybridized carbons (Fsp3) is 0.647. The van der Waals surface area contributed by atoms with Gasteiger partial charge in [-0.25, -0.2) is 4.98 Å². The smallest absolute Gasteiger partial charge is 0.241 e. The molecule has 1 aliphatic heterocycles. The maximum atomic E-state index is 12.1. The van der Waals surface area contributed by atoms with Gasteiger partial charge in [-0.1, -0.05) is 0 Å². The van der Waals surface area contributed by atoms with E-state index in [4.69, 9.17) is 0 Å². The Labute approximate surface area is 148 Å². The molecule has 1 saturated heterocycles. The van der Waals surface area contributed by atoms with Crippen LogP contribution < -0.4 is 10.6 Å². The number of nitrogens with zero attached hydrogens (tertiary/aromatic N) is 5. The Hall–Kier alpha value is -2.22. The molecule has 0 radical (unpaired) electrons. The van der Waals surface area contributed by atoms with Crippen molar-refractivity contribution < 1.29 is 4.79 Å². The number of piperidine rings is 1. The molecule has 1 aliphatic rings. The summed E-state index contributed by atoms with van der Waals surface area (Å²) in [6.07, 6.45) is 5.07. The molecule has 0 unspecified atom stereocenters. The van der Waals surface area contributed by atoms with Crippen molar-refractivity contribution in [3.63, 3.8) is 0 Å². The molecule has 0 spiro atoms. The molecular weight excluding hydrogens is 318 g/mol. The summed E-state index contributed by atoms with van der Waals surface area (Å²) in [5.74, 6) is 2.14. The number of aryl methyl sites for hydroxylation is 3. The van der Waals surface area contributed by atoms with E-state index in [2.05, 4.69) is 25.8 Å². The van der Waals surface area contributed by atoms with Crippen LogP contribution in [0.25, 0.3) is 0 Å². The van der Waals surface area contributed by atoms with Crippen molar-refractivity contribution in [1.29, 1.82) is 0 Å². The van der Waals surface area contributed by atoms with Crippen molar-refractivity contribution in [2.75, 3.05) is 19.6 Å². The Kier molecular flexibility index (Phi) is 5.80. The lowest BCUT2D eigenvalue weighted by molar-refractivity contribution is -0.121. The molecule has 1 atom stereocenters. The number of carbonyl (C=O) groups is 1. The molecule has 2 aromatic heterocycles. The van der Waals surface area contributed by atoms with Gasteiger partial charge in [-0.15, -0.1) is 0 Å². The molecule has 8 heteroatoms. The first-order valence-electron chi connectivity index (χ1n) is 9.00. The summed E-state index contributed by atoms with van der Waals surface area (Å²) in [5.41, 5.74) is 1.08. The van der Waals surface area contributed by atoms with Gasteiger partial charge in [-0.3, -0.25) is 14.2 Å². The number of hydrogen-bond acceptors (Lipinski definition) is 5. The van der Waals surface area contributed by atoms with Crippen LogP contribution in [0.15, 0.2) is 12.3 Å². The highest BCUT2D eigenvalue weighted by atomic mass is 16.2. The van der Waals surface area contributed by atoms with Gasteiger partial charge in [0.2, 0.25) is 5.91 Å². The Morgan fingerprint density at radius 1 is 1.40 bits per heavy atom. The van der Waals surface area contributed by atoms with E-state index in [-0.39, 0.29) is 12.5 Å². The average Bonchev–Trinajstić information content (AvgIpc) is 3.19. The molecule has 1 amide bonds. The predicted octanol–water partition coefficient (Wildman–Crippen LogP) is 0.765. The van der Waals surface area contributed by atoms with E-state index in [1.165, 1.54) is 6.42 Å². The molecule has 3 rings (SSSR count). The van der Waals surface area contributed by atoms with Crippen molar-refractivity contribution in [2.45, 2.75) is 52.1 Å². The van der Waals surface area contributed by atoms with E-state index in [1.807, 2.05) is 30.8 Å². The van der Waals surface area contributed by atoms with Crippen LogP contribution in [0.1, 0.15) is 42.5 Å². The number of aromatic nitrogens is 5. The highest BCUT2D eigenvalue weighted by Crippen LogP contribution is 2.21. The lowest BCUT2D eigenvalue weighted by Crippen LogP contribution is -2.30. The quantitative estimate of drug-likeness (QED) is 0.723. The molecule has 0 aliphatic carbocycles. The van der Waals surface area contributed by atoms with Crippen molar-refractivity contribution in [3.05, 3.63) is 29.6 Å². The third-order valence-electron chi connectivity index (χ3n) is 4.51. The largest absolute Gasteiger partial charge is 0.354 e. The van der Waals surface area contributed by atoms with Crippen LogP contribution in [0.2, 0.25) is 0 Å². The van der Waals surface area contributed by atoms with E-state index in [1.54, 1.807) is 4.68 Å². The maximum Gasteiger partial charge on any atom is 0.241 e. The van der Waals surface area contributed by atoms with Crippen molar-refractivity contribution in [3.8, 4) is 0 Å². The highest BCUT2D eigenvalue weighted by Gasteiger charge is 2.17. The number of rotatable bonds is 7. The van der Waals surface area contributed by atoms with E-state index in [9.17, 15) is 4.79 Å². The molecule has 2 aromatic rings. The molecule has 8 nitrogen and oxygen atoms in total. The van der Waals surface area contributed by atoms with Gasteiger partial charge < -0.3 is 10.6 Å². The summed E-state index contributed by atoms with van der Waals surface area (Å²) in [6, 6.07) is 2.03. The zero-order valence-corrected chi connectivity index (χ0v) is 15.0. The van der Waals surface area contributed by atoms with Crippen LogP contribution in [0, 0.1) is 13.8 Å². The van der Waals surface area contributed by atoms with Crippen molar-refractivity contribution >= 4 is 5.91 Å². The Bertz CT molecular complexity index is 700. The summed E-state index contributed by atoms with van der Waals surface area (Å²) in [7, 11) is 0. The van der Waals surface area contributed by atoms with Gasteiger partial charge in [0.25, 0.3) is 0 Å². The lowest BCUT2D eigenvalue weighted by Gasteiger charge is -2.20. The van der Waals surface area contributed by atoms with E-state index in [0.717, 1.165) is 49.8 Å². The van der Waals surface area contributed by atoms with Crippen LogP contribution in [-0.2, 0) is 17.9 Å². The highest BCUT2D eigenvalue weighted by molar-refractivity contribution is 5.75. The monoisotopic (exact) mass is 345 g/mol. The molecule has 1 fully saturated rings. The lowest BCUT2D eigenvalue weighted by atomic mass is 9.97. The van der Waals surface area contributed by atoms with Crippen LogP contribution in [0.3, 0.4) is 0 Å². The predicted molar refractivity (Wildman–Crippen MR) is 94.2 cm³/mol. The zero-order valence-electron chi connectivity index (χ0n) is 15.0. The summed E-state index contributed by atoms with van der Waals surface area (Å²) in [5, 5.41) is 15.2. The minimum Gasteiger partial charge on any atom is -0.354 e. The minimum atomic E-state index is -0.0112. The first-order chi connectivity index (χ1) is 12.1. The first kappa shape index (κ1) is 17.6. The van der Waals surface area contributed by atoms with Gasteiger partial charge in [-0.2, -0.15) is 10.2 Å². The SMILES string of the molecule is Cc1nc(C)n(CCCNC(=O)Cn2ccc([C@@H]3CCCNC3)n2)n1. The topological polar surface area (TPSA) is 89.7 Å². The molecule has 136 valence electrons. The molecule has 0 aromatic carbocycles. The summed E-state index contributed by atoms with van der Waals surface area (Å²) < 4.78 is 3.60. The van der Waals surface area contributed by atoms with Crippen LogP contribution >= 0.6 is 0 Å². The Balaban J connectivity index is 1.39. The molecule has 2 N–H and O–H groups in total. The first-order valence-corrected chi connectivity index (χ1v) is 9.00. The third-order valence-corrected chi connectivity index (χ3v) is 4.51. The summed E-state index contributed by atoms with van der Waals surface area (Å²) in [6.45, 7) is 7.54. The van der Waals surface area contributed by atoms with Crippen molar-refractivity contribution in [2.24, 2.45) is 0 Å². The fourth-order valence-electron chi connectivity index (χ4n) is 3.22. The second-order valence-corrected chi connectivity index (χ2v) is 6.61. The molecule has 3 heterocycles. The molecular formula is C17H27N7O. The summed E-state index contributed by atoms with van der Waals surface area (Å²) >= 11 is 0. The van der Waals surface area contributed by atoms with Gasteiger partial charge >= 0.3 is 0 Å². The third kappa shape index (κ3) is 4.88. The van der Waals surface area contributed by atoms with E-state index < -0.39 is 0 Å². The van der Waals surface area contributed by atoms with Crippen LogP contribution in [0.4, 0.5) is 0 Å². The van der Waals surface area contributed by atoms with Crippen LogP contribution in [0.5, 0.6) is 0 Å². The zero-order chi connectivity index (χ0) is 17.6. The van der Waals surface area contributed by atoms with Gasteiger partial charge in [0.05, 0.1) is 5.69 Å². The fourth-order valence-corrected chi connectivity index (χ4v) is 3.22. The standard InChI is InChI=1S/C17H27N7O/c1-13-20-14(2)24(21-13)9-4-8-19-17(25)12-23-10-6-16(22-23)15-5-3-7-18-11-15/h6,10,15,18H,3-5,7-9,11-12H2,1-2H3,(H,19,25)/t15-/m1/s1. The van der Waals surface area contributed by atoms with Gasteiger partial charge in [-0.05, 0) is 45.7 Å². The average molecular weight is 345 g/mol. The Morgan fingerprint density at radius 3 is 3.00 bits per heavy atom. The normalized spacial score (nSPS) is 17.6. The number of carbonyl (C=O) groups excluding carboxylic acids is 1. The minimum absolute atomic E-state index is 0.0112. The second-order valence-electron chi connectivity index (χ2n) is 6.61. The number of hydrogen-bond donors (Lipinski definition) is 2. The number of amides is 1. The van der Waals surface area contributed by atoms with E-state index in [0.29, 0.717) is 12.5 Å². The molecule has 0 saturated carbocycles. The second kappa shape index (κ2) is 8.24. The molecule has 25 heavy (non-hydrogen) atoms. The van der Waals surface area contributed by atoms with Crippen molar-refractivity contribution in [1.82, 2.24) is 35.2 Å². The summed E-state index contributed by atoms with van der Waals surface area (Å²) in [4.78, 5) is 16.3. The molecule has 0 bridgehead atoms.